The Morgan fingerprint density at radius 3 is 2.28 bits per heavy atom. The molecule has 0 atom stereocenters. The molecule has 0 aliphatic carbocycles. The first-order valence-corrected chi connectivity index (χ1v) is 12.2. The second-order valence-corrected chi connectivity index (χ2v) is 10.8. The number of hydrogen-bond acceptors (Lipinski definition) is 4. The van der Waals surface area contributed by atoms with Gasteiger partial charge in [0.25, 0.3) is 15.9 Å². The molecule has 0 fully saturated rings. The standard InChI is InChI=1S/C22H15Cl2FN2O3S2/c1-27(32(29,30)19-5-2-16(25)3-6-19)18-4-7-20-13(8-18)9-21(31-20)22(28)26-17-11-14(23)10-15(24)12-17/h2-12H,1H3,(H,26,28). The molecular weight excluding hydrogens is 494 g/mol. The molecule has 164 valence electrons. The number of amides is 1. The third-order valence-electron chi connectivity index (χ3n) is 4.68. The highest BCUT2D eigenvalue weighted by atomic mass is 35.5. The third-order valence-corrected chi connectivity index (χ3v) is 8.03. The molecule has 0 bridgehead atoms. The van der Waals surface area contributed by atoms with Crippen molar-refractivity contribution >= 4 is 71.9 Å². The molecular formula is C22H15Cl2FN2O3S2. The summed E-state index contributed by atoms with van der Waals surface area (Å²) >= 11 is 13.2. The molecule has 5 nitrogen and oxygen atoms in total. The first-order valence-electron chi connectivity index (χ1n) is 9.19. The Labute approximate surface area is 198 Å². The Morgan fingerprint density at radius 2 is 1.62 bits per heavy atom. The maximum absolute atomic E-state index is 13.2. The zero-order valence-corrected chi connectivity index (χ0v) is 19.6. The van der Waals surface area contributed by atoms with Crippen molar-refractivity contribution in [1.82, 2.24) is 0 Å². The van der Waals surface area contributed by atoms with Crippen molar-refractivity contribution in [2.45, 2.75) is 4.90 Å². The van der Waals surface area contributed by atoms with E-state index in [2.05, 4.69) is 5.32 Å². The van der Waals surface area contributed by atoms with Gasteiger partial charge in [-0.3, -0.25) is 9.10 Å². The lowest BCUT2D eigenvalue weighted by atomic mass is 10.2. The van der Waals surface area contributed by atoms with Gasteiger partial charge in [-0.05, 0) is 72.1 Å². The van der Waals surface area contributed by atoms with Crippen molar-refractivity contribution in [3.8, 4) is 0 Å². The minimum Gasteiger partial charge on any atom is -0.321 e. The van der Waals surface area contributed by atoms with Crippen molar-refractivity contribution < 1.29 is 17.6 Å². The van der Waals surface area contributed by atoms with Crippen LogP contribution < -0.4 is 9.62 Å². The van der Waals surface area contributed by atoms with Crippen LogP contribution in [0.15, 0.2) is 71.6 Å². The molecule has 0 saturated heterocycles. The van der Waals surface area contributed by atoms with Crippen LogP contribution in [-0.4, -0.2) is 21.4 Å². The monoisotopic (exact) mass is 508 g/mol. The van der Waals surface area contributed by atoms with Crippen LogP contribution in [0.3, 0.4) is 0 Å². The number of thiophene rings is 1. The van der Waals surface area contributed by atoms with Crippen LogP contribution in [0.2, 0.25) is 10.0 Å². The summed E-state index contributed by atoms with van der Waals surface area (Å²) < 4.78 is 40.8. The summed E-state index contributed by atoms with van der Waals surface area (Å²) in [6.07, 6.45) is 0. The fourth-order valence-corrected chi connectivity index (χ4v) is 5.71. The number of halogens is 3. The van der Waals surface area contributed by atoms with E-state index in [0.29, 0.717) is 31.7 Å². The molecule has 32 heavy (non-hydrogen) atoms. The second kappa shape index (κ2) is 8.71. The number of hydrogen-bond donors (Lipinski definition) is 1. The average Bonchev–Trinajstić information content (AvgIpc) is 3.16. The summed E-state index contributed by atoms with van der Waals surface area (Å²) in [5.74, 6) is -0.851. The van der Waals surface area contributed by atoms with Crippen molar-refractivity contribution in [1.29, 1.82) is 0 Å². The fourth-order valence-electron chi connectivity index (χ4n) is 3.06. The van der Waals surface area contributed by atoms with Crippen molar-refractivity contribution in [2.75, 3.05) is 16.7 Å². The smallest absolute Gasteiger partial charge is 0.265 e. The Hall–Kier alpha value is -2.65. The highest BCUT2D eigenvalue weighted by Crippen LogP contribution is 2.32. The van der Waals surface area contributed by atoms with E-state index in [1.54, 1.807) is 42.5 Å². The number of sulfonamides is 1. The maximum atomic E-state index is 13.2. The van der Waals surface area contributed by atoms with Gasteiger partial charge >= 0.3 is 0 Å². The van der Waals surface area contributed by atoms with E-state index in [-0.39, 0.29) is 10.8 Å². The molecule has 0 aliphatic rings. The number of fused-ring (bicyclic) bond motifs is 1. The number of nitrogens with zero attached hydrogens (tertiary/aromatic N) is 1. The Morgan fingerprint density at radius 1 is 0.969 bits per heavy atom. The Kier molecular flexibility index (Phi) is 6.13. The Bertz CT molecular complexity index is 1420. The summed E-state index contributed by atoms with van der Waals surface area (Å²) in [5.41, 5.74) is 0.879. The molecule has 0 saturated carbocycles. The third kappa shape index (κ3) is 4.59. The van der Waals surface area contributed by atoms with Crippen LogP contribution in [0.5, 0.6) is 0 Å². The minimum absolute atomic E-state index is 0.0212. The minimum atomic E-state index is -3.87. The van der Waals surface area contributed by atoms with E-state index >= 15 is 0 Å². The summed E-state index contributed by atoms with van der Waals surface area (Å²) in [7, 11) is -2.45. The summed E-state index contributed by atoms with van der Waals surface area (Å²) in [6, 6.07) is 16.1. The number of carbonyl (C=O) groups is 1. The van der Waals surface area contributed by atoms with Gasteiger partial charge in [0.15, 0.2) is 0 Å². The molecule has 0 aliphatic heterocycles. The number of benzene rings is 3. The van der Waals surface area contributed by atoms with Gasteiger partial charge < -0.3 is 5.32 Å². The lowest BCUT2D eigenvalue weighted by Gasteiger charge is -2.19. The predicted molar refractivity (Wildman–Crippen MR) is 128 cm³/mol. The lowest BCUT2D eigenvalue weighted by molar-refractivity contribution is 0.103. The summed E-state index contributed by atoms with van der Waals surface area (Å²) in [6.45, 7) is 0. The van der Waals surface area contributed by atoms with Crippen LogP contribution in [0.1, 0.15) is 9.67 Å². The predicted octanol–water partition coefficient (Wildman–Crippen LogP) is 6.42. The van der Waals surface area contributed by atoms with Gasteiger partial charge in [0.1, 0.15) is 5.82 Å². The van der Waals surface area contributed by atoms with E-state index in [0.717, 1.165) is 21.1 Å². The van der Waals surface area contributed by atoms with Crippen LogP contribution in [0.4, 0.5) is 15.8 Å². The highest BCUT2D eigenvalue weighted by molar-refractivity contribution is 7.92. The molecule has 3 aromatic carbocycles. The van der Waals surface area contributed by atoms with Gasteiger partial charge in [-0.2, -0.15) is 0 Å². The van der Waals surface area contributed by atoms with Crippen molar-refractivity contribution in [2.24, 2.45) is 0 Å². The SMILES string of the molecule is CN(c1ccc2sc(C(=O)Nc3cc(Cl)cc(Cl)c3)cc2c1)S(=O)(=O)c1ccc(F)cc1. The molecule has 0 unspecified atom stereocenters. The molecule has 4 aromatic rings. The maximum Gasteiger partial charge on any atom is 0.265 e. The molecule has 1 N–H and O–H groups in total. The fraction of sp³-hybridized carbons (Fsp3) is 0.0455. The van der Waals surface area contributed by atoms with Crippen molar-refractivity contribution in [3.63, 3.8) is 0 Å². The van der Waals surface area contributed by atoms with Gasteiger partial charge in [0.2, 0.25) is 0 Å². The first-order chi connectivity index (χ1) is 15.1. The van der Waals surface area contributed by atoms with Crippen molar-refractivity contribution in [3.05, 3.63) is 87.5 Å². The summed E-state index contributed by atoms with van der Waals surface area (Å²) in [4.78, 5) is 13.1. The molecule has 0 radical (unpaired) electrons. The largest absolute Gasteiger partial charge is 0.321 e. The van der Waals surface area contributed by atoms with E-state index in [1.807, 2.05) is 0 Å². The number of nitrogens with one attached hydrogen (secondary N) is 1. The van der Waals surface area contributed by atoms with Crippen LogP contribution >= 0.6 is 34.5 Å². The van der Waals surface area contributed by atoms with E-state index < -0.39 is 15.8 Å². The van der Waals surface area contributed by atoms with E-state index in [9.17, 15) is 17.6 Å². The topological polar surface area (TPSA) is 66.5 Å². The highest BCUT2D eigenvalue weighted by Gasteiger charge is 2.22. The number of rotatable bonds is 5. The molecule has 0 spiro atoms. The average molecular weight is 509 g/mol. The lowest BCUT2D eigenvalue weighted by Crippen LogP contribution is -2.26. The van der Waals surface area contributed by atoms with Gasteiger partial charge in [0.05, 0.1) is 15.5 Å². The van der Waals surface area contributed by atoms with Gasteiger partial charge in [-0.15, -0.1) is 11.3 Å². The van der Waals surface area contributed by atoms with Gasteiger partial charge in [-0.25, -0.2) is 12.8 Å². The van der Waals surface area contributed by atoms with E-state index in [4.69, 9.17) is 23.2 Å². The molecule has 1 amide bonds. The molecule has 1 aromatic heterocycles. The molecule has 4 rings (SSSR count). The van der Waals surface area contributed by atoms with Crippen LogP contribution in [0, 0.1) is 5.82 Å². The number of anilines is 2. The molecule has 10 heteroatoms. The van der Waals surface area contributed by atoms with E-state index in [1.165, 1.54) is 30.5 Å². The number of carbonyl (C=O) groups excluding carboxylic acids is 1. The van der Waals surface area contributed by atoms with Crippen LogP contribution in [0.25, 0.3) is 10.1 Å². The zero-order chi connectivity index (χ0) is 23.0. The zero-order valence-electron chi connectivity index (χ0n) is 16.5. The Balaban J connectivity index is 1.61. The first kappa shape index (κ1) is 22.5. The molecule has 1 heterocycles. The quantitative estimate of drug-likeness (QED) is 0.338. The second-order valence-electron chi connectivity index (χ2n) is 6.87. The normalized spacial score (nSPS) is 11.5. The summed E-state index contributed by atoms with van der Waals surface area (Å²) in [5, 5.41) is 4.27. The van der Waals surface area contributed by atoms with Crippen LogP contribution in [-0.2, 0) is 10.0 Å². The van der Waals surface area contributed by atoms with Gasteiger partial charge in [0, 0.05) is 27.5 Å². The van der Waals surface area contributed by atoms with Gasteiger partial charge in [-0.1, -0.05) is 23.2 Å².